The molecule has 0 unspecified atom stereocenters. The van der Waals surface area contributed by atoms with Crippen LogP contribution in [0, 0.1) is 5.92 Å². The maximum atomic E-state index is 12.6. The highest BCUT2D eigenvalue weighted by Gasteiger charge is 2.19. The molecule has 272 valence electrons. The van der Waals surface area contributed by atoms with Crippen LogP contribution >= 0.6 is 0 Å². The molecule has 0 aliphatic rings. The monoisotopic (exact) mass is 653 g/mol. The summed E-state index contributed by atoms with van der Waals surface area (Å²) < 4.78 is 16.5. The van der Waals surface area contributed by atoms with Crippen LogP contribution in [0.1, 0.15) is 214 Å². The van der Waals surface area contributed by atoms with E-state index in [9.17, 15) is 14.4 Å². The Kier molecular flexibility index (Phi) is 33.5. The van der Waals surface area contributed by atoms with E-state index in [1.165, 1.54) is 103 Å². The Morgan fingerprint density at radius 2 is 0.717 bits per heavy atom. The molecule has 0 amide bonds. The molecule has 0 spiro atoms. The molecular weight excluding hydrogens is 576 g/mol. The number of unbranched alkanes of at least 4 members (excludes halogenated alkanes) is 22. The number of carbonyl (C=O) groups is 3. The van der Waals surface area contributed by atoms with Crippen molar-refractivity contribution in [2.75, 3.05) is 13.2 Å². The Morgan fingerprint density at radius 1 is 0.413 bits per heavy atom. The Morgan fingerprint density at radius 3 is 1.07 bits per heavy atom. The fourth-order valence-corrected chi connectivity index (χ4v) is 5.74. The normalized spacial score (nSPS) is 11.9. The Balaban J connectivity index is 4.26. The van der Waals surface area contributed by atoms with E-state index in [1.807, 2.05) is 0 Å². The van der Waals surface area contributed by atoms with Gasteiger partial charge in [0.2, 0.25) is 0 Å². The van der Waals surface area contributed by atoms with Gasteiger partial charge in [0.1, 0.15) is 13.2 Å². The lowest BCUT2D eigenvalue weighted by Gasteiger charge is -2.18. The molecule has 0 aromatic carbocycles. The standard InChI is InChI=1S/C40H76O6/c1-5-7-9-11-12-13-14-15-16-21-25-29-33-40(43)46-37(34-44-38(41)31-27-22-10-8-6-2)35-45-39(42)32-28-24-20-18-17-19-23-26-30-36(3)4/h36-37H,5-35H2,1-4H3/t37-/m1/s1. The van der Waals surface area contributed by atoms with Gasteiger partial charge < -0.3 is 14.2 Å². The van der Waals surface area contributed by atoms with Crippen molar-refractivity contribution in [3.63, 3.8) is 0 Å². The number of esters is 3. The van der Waals surface area contributed by atoms with Crippen molar-refractivity contribution in [1.82, 2.24) is 0 Å². The lowest BCUT2D eigenvalue weighted by atomic mass is 10.0. The molecule has 0 bridgehead atoms. The molecular formula is C40H76O6. The summed E-state index contributed by atoms with van der Waals surface area (Å²) in [6.45, 7) is 8.85. The van der Waals surface area contributed by atoms with Crippen molar-refractivity contribution in [1.29, 1.82) is 0 Å². The van der Waals surface area contributed by atoms with Crippen LogP contribution in [0.3, 0.4) is 0 Å². The first-order valence-electron chi connectivity index (χ1n) is 19.9. The molecule has 0 aromatic heterocycles. The Hall–Kier alpha value is -1.59. The quantitative estimate of drug-likeness (QED) is 0.0385. The molecule has 0 radical (unpaired) electrons. The van der Waals surface area contributed by atoms with Gasteiger partial charge in [0.05, 0.1) is 0 Å². The van der Waals surface area contributed by atoms with E-state index >= 15 is 0 Å². The number of hydrogen-bond donors (Lipinski definition) is 0. The predicted molar refractivity (Wildman–Crippen MR) is 192 cm³/mol. The van der Waals surface area contributed by atoms with Gasteiger partial charge in [-0.3, -0.25) is 14.4 Å². The summed E-state index contributed by atoms with van der Waals surface area (Å²) in [5.74, 6) is -0.0816. The summed E-state index contributed by atoms with van der Waals surface area (Å²) in [5, 5.41) is 0. The van der Waals surface area contributed by atoms with Crippen LogP contribution < -0.4 is 0 Å². The average Bonchev–Trinajstić information content (AvgIpc) is 3.03. The zero-order chi connectivity index (χ0) is 33.9. The van der Waals surface area contributed by atoms with Gasteiger partial charge in [0.15, 0.2) is 6.10 Å². The summed E-state index contributed by atoms with van der Waals surface area (Å²) >= 11 is 0. The molecule has 0 saturated heterocycles. The third kappa shape index (κ3) is 33.8. The van der Waals surface area contributed by atoms with E-state index < -0.39 is 6.10 Å². The highest BCUT2D eigenvalue weighted by atomic mass is 16.6. The van der Waals surface area contributed by atoms with Crippen LogP contribution in [-0.2, 0) is 28.6 Å². The molecule has 0 fully saturated rings. The molecule has 0 aliphatic heterocycles. The molecule has 0 heterocycles. The van der Waals surface area contributed by atoms with E-state index in [0.717, 1.165) is 70.1 Å². The van der Waals surface area contributed by atoms with E-state index in [1.54, 1.807) is 0 Å². The second kappa shape index (κ2) is 34.7. The summed E-state index contributed by atoms with van der Waals surface area (Å²) in [6, 6.07) is 0. The minimum Gasteiger partial charge on any atom is -0.462 e. The third-order valence-electron chi connectivity index (χ3n) is 8.79. The maximum absolute atomic E-state index is 12.6. The molecule has 0 saturated carbocycles. The molecule has 6 heteroatoms. The van der Waals surface area contributed by atoms with Crippen molar-refractivity contribution in [2.45, 2.75) is 220 Å². The van der Waals surface area contributed by atoms with E-state index in [0.29, 0.717) is 19.3 Å². The molecule has 0 N–H and O–H groups in total. The predicted octanol–water partition coefficient (Wildman–Crippen LogP) is 12.0. The van der Waals surface area contributed by atoms with Crippen LogP contribution in [0.4, 0.5) is 0 Å². The summed E-state index contributed by atoms with van der Waals surface area (Å²) in [6.07, 6.45) is 31.2. The van der Waals surface area contributed by atoms with Gasteiger partial charge in [-0.2, -0.15) is 0 Å². The van der Waals surface area contributed by atoms with Crippen molar-refractivity contribution in [3.8, 4) is 0 Å². The third-order valence-corrected chi connectivity index (χ3v) is 8.79. The highest BCUT2D eigenvalue weighted by Crippen LogP contribution is 2.15. The van der Waals surface area contributed by atoms with Crippen LogP contribution in [0.2, 0.25) is 0 Å². The molecule has 0 aliphatic carbocycles. The van der Waals surface area contributed by atoms with E-state index in [4.69, 9.17) is 14.2 Å². The molecule has 1 atom stereocenters. The topological polar surface area (TPSA) is 78.9 Å². The molecule has 0 aromatic rings. The van der Waals surface area contributed by atoms with Gasteiger partial charge in [-0.1, -0.05) is 175 Å². The average molecular weight is 653 g/mol. The van der Waals surface area contributed by atoms with Crippen LogP contribution in [0.15, 0.2) is 0 Å². The number of hydrogen-bond acceptors (Lipinski definition) is 6. The second-order valence-corrected chi connectivity index (χ2v) is 14.0. The second-order valence-electron chi connectivity index (χ2n) is 14.0. The van der Waals surface area contributed by atoms with Gasteiger partial charge in [-0.15, -0.1) is 0 Å². The lowest BCUT2D eigenvalue weighted by Crippen LogP contribution is -2.30. The first-order valence-corrected chi connectivity index (χ1v) is 19.9. The number of ether oxygens (including phenoxy) is 3. The van der Waals surface area contributed by atoms with Crippen molar-refractivity contribution in [3.05, 3.63) is 0 Å². The fourth-order valence-electron chi connectivity index (χ4n) is 5.74. The summed E-state index contributed by atoms with van der Waals surface area (Å²) in [7, 11) is 0. The summed E-state index contributed by atoms with van der Waals surface area (Å²) in [5.41, 5.74) is 0. The van der Waals surface area contributed by atoms with Crippen LogP contribution in [0.5, 0.6) is 0 Å². The minimum atomic E-state index is -0.756. The van der Waals surface area contributed by atoms with Crippen LogP contribution in [0.25, 0.3) is 0 Å². The smallest absolute Gasteiger partial charge is 0.306 e. The molecule has 46 heavy (non-hydrogen) atoms. The molecule has 0 rings (SSSR count). The van der Waals surface area contributed by atoms with Crippen LogP contribution in [-0.4, -0.2) is 37.2 Å². The van der Waals surface area contributed by atoms with Gasteiger partial charge in [-0.05, 0) is 25.2 Å². The van der Waals surface area contributed by atoms with E-state index in [-0.39, 0.29) is 31.1 Å². The van der Waals surface area contributed by atoms with Crippen molar-refractivity contribution < 1.29 is 28.6 Å². The molecule has 6 nitrogen and oxygen atoms in total. The number of rotatable bonds is 35. The van der Waals surface area contributed by atoms with Gasteiger partial charge in [-0.25, -0.2) is 0 Å². The maximum Gasteiger partial charge on any atom is 0.306 e. The van der Waals surface area contributed by atoms with Crippen molar-refractivity contribution in [2.24, 2.45) is 5.92 Å². The Bertz CT molecular complexity index is 691. The zero-order valence-corrected chi connectivity index (χ0v) is 31.0. The van der Waals surface area contributed by atoms with Gasteiger partial charge >= 0.3 is 17.9 Å². The first kappa shape index (κ1) is 44.4. The Labute approximate surface area is 285 Å². The first-order chi connectivity index (χ1) is 22.4. The minimum absolute atomic E-state index is 0.0663. The van der Waals surface area contributed by atoms with E-state index in [2.05, 4.69) is 27.7 Å². The van der Waals surface area contributed by atoms with Gasteiger partial charge in [0, 0.05) is 19.3 Å². The van der Waals surface area contributed by atoms with Gasteiger partial charge in [0.25, 0.3) is 0 Å². The highest BCUT2D eigenvalue weighted by molar-refractivity contribution is 5.71. The largest absolute Gasteiger partial charge is 0.462 e. The fraction of sp³-hybridized carbons (Fsp3) is 0.925. The summed E-state index contributed by atoms with van der Waals surface area (Å²) in [4.78, 5) is 37.2. The zero-order valence-electron chi connectivity index (χ0n) is 31.0. The SMILES string of the molecule is CCCCCCCCCCCCCCC(=O)O[C@H](COC(=O)CCCCCCC)COC(=O)CCCCCCCCCCC(C)C. The van der Waals surface area contributed by atoms with Crippen molar-refractivity contribution >= 4 is 17.9 Å². The number of carbonyl (C=O) groups excluding carboxylic acids is 3. The lowest BCUT2D eigenvalue weighted by molar-refractivity contribution is -0.167.